The number of nitrogens with two attached hydrogens (primary N) is 3. The number of hydrogen-bond acceptors (Lipinski definition) is 13. The number of guanidine groups is 1. The van der Waals surface area contributed by atoms with E-state index in [1.165, 1.54) is 68.1 Å². The van der Waals surface area contributed by atoms with E-state index in [0.29, 0.717) is 28.9 Å². The number of benzene rings is 2. The van der Waals surface area contributed by atoms with E-state index in [9.17, 15) is 48.6 Å². The highest BCUT2D eigenvalue weighted by Gasteiger charge is 2.40. The van der Waals surface area contributed by atoms with Crippen molar-refractivity contribution in [3.05, 3.63) is 102 Å². The number of aliphatic imine (C=N–C) groups is 1. The number of nitrogens with one attached hydrogen (secondary N) is 8. The number of phenolic OH excluding ortho intramolecular Hbond substituents is 1. The fraction of sp³-hybridized carbons (Fsp3) is 0.426. The number of carbonyl (C=O) groups is 8. The molecule has 25 nitrogen and oxygen atoms in total. The predicted molar refractivity (Wildman–Crippen MR) is 260 cm³/mol. The van der Waals surface area contributed by atoms with Crippen LogP contribution in [0.1, 0.15) is 62.0 Å². The smallest absolute Gasteiger partial charge is 0.326 e. The third-order valence-corrected chi connectivity index (χ3v) is 11.8. The molecule has 25 heteroatoms. The number of aromatic hydroxyl groups is 1. The monoisotopic (exact) mass is 997 g/mol. The summed E-state index contributed by atoms with van der Waals surface area (Å²) in [6.07, 6.45) is 6.41. The first-order valence-corrected chi connectivity index (χ1v) is 23.3. The molecule has 0 bridgehead atoms. The number of likely N-dealkylation sites (tertiary alicyclic amines) is 1. The summed E-state index contributed by atoms with van der Waals surface area (Å²) < 4.78 is 0. The average molecular weight is 998 g/mol. The zero-order valence-electron chi connectivity index (χ0n) is 39.9. The second kappa shape index (κ2) is 26.6. The molecule has 386 valence electrons. The number of aromatic amines is 2. The van der Waals surface area contributed by atoms with Gasteiger partial charge in [-0.2, -0.15) is 0 Å². The molecular formula is C47H63N15O10. The van der Waals surface area contributed by atoms with E-state index in [2.05, 4.69) is 56.8 Å². The molecule has 1 aliphatic heterocycles. The van der Waals surface area contributed by atoms with Gasteiger partial charge >= 0.3 is 5.97 Å². The Bertz CT molecular complexity index is 2490. The van der Waals surface area contributed by atoms with Crippen molar-refractivity contribution in [2.24, 2.45) is 22.2 Å². The van der Waals surface area contributed by atoms with E-state index >= 15 is 0 Å². The zero-order valence-corrected chi connectivity index (χ0v) is 39.9. The number of phenols is 1. The third kappa shape index (κ3) is 16.7. The van der Waals surface area contributed by atoms with Gasteiger partial charge < -0.3 is 74.2 Å². The maximum Gasteiger partial charge on any atom is 0.326 e. The molecule has 4 aromatic rings. The second-order valence-electron chi connectivity index (χ2n) is 17.4. The second-order valence-corrected chi connectivity index (χ2v) is 17.4. The molecule has 2 aromatic carbocycles. The molecule has 0 unspecified atom stereocenters. The Balaban J connectivity index is 1.31. The van der Waals surface area contributed by atoms with Crippen LogP contribution >= 0.6 is 0 Å². The van der Waals surface area contributed by atoms with Crippen molar-refractivity contribution in [2.45, 2.75) is 114 Å². The van der Waals surface area contributed by atoms with E-state index < -0.39 is 95.7 Å². The van der Waals surface area contributed by atoms with Crippen molar-refractivity contribution in [3.8, 4) is 5.75 Å². The molecule has 72 heavy (non-hydrogen) atoms. The van der Waals surface area contributed by atoms with Gasteiger partial charge in [-0.1, -0.05) is 42.5 Å². The highest BCUT2D eigenvalue weighted by molar-refractivity contribution is 5.98. The molecule has 0 radical (unpaired) electrons. The Morgan fingerprint density at radius 2 is 1.24 bits per heavy atom. The predicted octanol–water partition coefficient (Wildman–Crippen LogP) is -2.49. The number of carbonyl (C=O) groups excluding carboxylic acids is 7. The normalized spacial score (nSPS) is 16.0. The van der Waals surface area contributed by atoms with E-state index in [1.807, 2.05) is 0 Å². The van der Waals surface area contributed by atoms with E-state index in [0.717, 1.165) is 0 Å². The lowest BCUT2D eigenvalue weighted by Gasteiger charge is -2.31. The van der Waals surface area contributed by atoms with Crippen molar-refractivity contribution in [2.75, 3.05) is 13.1 Å². The molecule has 2 aromatic heterocycles. The number of aromatic nitrogens is 4. The number of rotatable bonds is 26. The first-order valence-electron chi connectivity index (χ1n) is 23.3. The Kier molecular flexibility index (Phi) is 20.2. The summed E-state index contributed by atoms with van der Waals surface area (Å²) in [5.74, 6) is -6.61. The number of carboxylic acid groups (broad SMARTS) is 1. The lowest BCUT2D eigenvalue weighted by atomic mass is 10.0. The van der Waals surface area contributed by atoms with Gasteiger partial charge in [0.15, 0.2) is 5.96 Å². The number of hydrogen-bond donors (Lipinski definition) is 13. The average Bonchev–Trinajstić information content (AvgIpc) is 4.17. The molecule has 1 aliphatic rings. The SMILES string of the molecule is C[C@H](NC(=O)[C@H](C)NC(=O)[C@@H](N)Cc1cnc[nH]1)C(=O)N[C@@H](Cc1ccc(O)cc1)C(=O)N[C@@H](Cc1cnc[nH]1)C(=O)N1CCC[C@H]1C(=O)N[C@@H](Cc1ccccc1)C(=O)N[C@@H](CCCN=C(N)N)C(=O)O. The van der Waals surface area contributed by atoms with Crippen LogP contribution in [0.15, 0.2) is 84.6 Å². The van der Waals surface area contributed by atoms with Crippen molar-refractivity contribution < 1.29 is 48.6 Å². The largest absolute Gasteiger partial charge is 0.508 e. The van der Waals surface area contributed by atoms with Crippen LogP contribution in [0.25, 0.3) is 0 Å². The Morgan fingerprint density at radius 1 is 0.694 bits per heavy atom. The summed E-state index contributed by atoms with van der Waals surface area (Å²) in [7, 11) is 0. The number of carboxylic acids is 1. The van der Waals surface area contributed by atoms with Gasteiger partial charge in [-0.3, -0.25) is 38.6 Å². The van der Waals surface area contributed by atoms with Gasteiger partial charge in [0, 0.05) is 62.6 Å². The summed E-state index contributed by atoms with van der Waals surface area (Å²) >= 11 is 0. The van der Waals surface area contributed by atoms with Crippen LogP contribution < -0.4 is 49.1 Å². The quantitative estimate of drug-likeness (QED) is 0.0176. The minimum absolute atomic E-state index is 0.0158. The standard InChI is InChI=1S/C47H63N15O10/c1-26(57-41(66)33(48)20-30-22-51-24-54-30)39(64)56-27(2)40(65)59-35(19-29-12-14-32(63)15-13-29)43(68)61-37(21-31-23-52-25-55-31)45(70)62-17-7-11-38(62)44(69)60-36(18-28-8-4-3-5-9-28)42(67)58-34(46(71)72)10-6-16-53-47(49)50/h3-5,8-9,12-15,22-27,33-38,63H,6-7,10-11,16-21,48H2,1-2H3,(H,51,54)(H,52,55)(H,56,64)(H,57,66)(H,58,67)(H,59,65)(H,60,69)(H,61,68)(H,71,72)(H4,49,50,53)/t26-,27-,33-,34-,35-,36-,37-,38-/m0/s1. The van der Waals surface area contributed by atoms with Crippen LogP contribution in [-0.2, 0) is 64.0 Å². The van der Waals surface area contributed by atoms with Crippen LogP contribution in [0.3, 0.4) is 0 Å². The van der Waals surface area contributed by atoms with E-state index in [1.54, 1.807) is 30.3 Å². The highest BCUT2D eigenvalue weighted by atomic mass is 16.4. The van der Waals surface area contributed by atoms with Crippen LogP contribution in [0, 0.1) is 0 Å². The Morgan fingerprint density at radius 3 is 1.82 bits per heavy atom. The molecule has 1 fully saturated rings. The van der Waals surface area contributed by atoms with Gasteiger partial charge in [0.2, 0.25) is 41.4 Å². The first kappa shape index (κ1) is 54.6. The molecule has 7 amide bonds. The van der Waals surface area contributed by atoms with Crippen LogP contribution in [0.5, 0.6) is 5.75 Å². The van der Waals surface area contributed by atoms with Crippen molar-refractivity contribution in [1.82, 2.24) is 56.7 Å². The summed E-state index contributed by atoms with van der Waals surface area (Å²) in [5, 5.41) is 35.6. The van der Waals surface area contributed by atoms with Gasteiger partial charge in [-0.15, -0.1) is 0 Å². The summed E-state index contributed by atoms with van der Waals surface area (Å²) in [4.78, 5) is 128. The number of imidazole rings is 2. The first-order chi connectivity index (χ1) is 34.4. The van der Waals surface area contributed by atoms with Crippen molar-refractivity contribution in [1.29, 1.82) is 0 Å². The van der Waals surface area contributed by atoms with Gasteiger partial charge in [-0.25, -0.2) is 14.8 Å². The van der Waals surface area contributed by atoms with Gasteiger partial charge in [-0.05, 0) is 62.8 Å². The van der Waals surface area contributed by atoms with Crippen LogP contribution in [0.2, 0.25) is 0 Å². The summed E-state index contributed by atoms with van der Waals surface area (Å²) in [6.45, 7) is 3.01. The Labute approximate surface area is 414 Å². The fourth-order valence-electron chi connectivity index (χ4n) is 7.84. The summed E-state index contributed by atoms with van der Waals surface area (Å²) in [6, 6.07) is 4.81. The number of aliphatic carboxylic acids is 1. The molecule has 3 heterocycles. The lowest BCUT2D eigenvalue weighted by Crippen LogP contribution is -2.60. The molecule has 0 aliphatic carbocycles. The maximum atomic E-state index is 14.7. The topological polar surface area (TPSA) is 400 Å². The number of H-pyrrole nitrogens is 2. The minimum atomic E-state index is -1.37. The minimum Gasteiger partial charge on any atom is -0.508 e. The van der Waals surface area contributed by atoms with Crippen LogP contribution in [-0.4, -0.2) is 150 Å². The zero-order chi connectivity index (χ0) is 52.3. The van der Waals surface area contributed by atoms with Crippen LogP contribution in [0.4, 0.5) is 0 Å². The molecular weight excluding hydrogens is 935 g/mol. The lowest BCUT2D eigenvalue weighted by molar-refractivity contribution is -0.143. The summed E-state index contributed by atoms with van der Waals surface area (Å²) in [5.41, 5.74) is 19.0. The van der Waals surface area contributed by atoms with E-state index in [4.69, 9.17) is 17.2 Å². The van der Waals surface area contributed by atoms with Gasteiger partial charge in [0.25, 0.3) is 0 Å². The molecule has 8 atom stereocenters. The molecule has 16 N–H and O–H groups in total. The third-order valence-electron chi connectivity index (χ3n) is 11.8. The van der Waals surface area contributed by atoms with Gasteiger partial charge in [0.1, 0.15) is 48.0 Å². The molecule has 1 saturated heterocycles. The fourth-order valence-corrected chi connectivity index (χ4v) is 7.84. The van der Waals surface area contributed by atoms with Crippen molar-refractivity contribution in [3.63, 3.8) is 0 Å². The van der Waals surface area contributed by atoms with Crippen molar-refractivity contribution >= 4 is 53.3 Å². The maximum absolute atomic E-state index is 14.7. The molecule has 5 rings (SSSR count). The van der Waals surface area contributed by atoms with Gasteiger partial charge in [0.05, 0.1) is 18.7 Å². The number of nitrogens with zero attached hydrogens (tertiary/aromatic N) is 4. The Hall–Kier alpha value is -8.35. The molecule has 0 saturated carbocycles. The molecule has 0 spiro atoms. The number of amides is 7. The highest BCUT2D eigenvalue weighted by Crippen LogP contribution is 2.21. The van der Waals surface area contributed by atoms with E-state index in [-0.39, 0.29) is 69.7 Å².